The first-order valence-corrected chi connectivity index (χ1v) is 12.8. The van der Waals surface area contributed by atoms with Gasteiger partial charge in [-0.1, -0.05) is 76.4 Å². The Morgan fingerprint density at radius 2 is 1.74 bits per heavy atom. The Kier molecular flexibility index (Phi) is 16.3. The number of carbonyl (C=O) groups is 3. The Balaban J connectivity index is 0.000000873. The third-order valence-electron chi connectivity index (χ3n) is 5.04. The van der Waals surface area contributed by atoms with Crippen molar-refractivity contribution in [2.24, 2.45) is 7.05 Å². The number of aromatic nitrogens is 2. The van der Waals surface area contributed by atoms with Gasteiger partial charge in [-0.2, -0.15) is 5.10 Å². The van der Waals surface area contributed by atoms with Crippen LogP contribution < -0.4 is 5.32 Å². The van der Waals surface area contributed by atoms with Crippen molar-refractivity contribution in [2.45, 2.75) is 54.9 Å². The van der Waals surface area contributed by atoms with Crippen molar-refractivity contribution in [2.75, 3.05) is 6.54 Å². The number of allylic oxidation sites excluding steroid dienone is 6. The summed E-state index contributed by atoms with van der Waals surface area (Å²) < 4.78 is 1.61. The molecular formula is C32H43N3O3. The first-order chi connectivity index (χ1) is 18.0. The van der Waals surface area contributed by atoms with Crippen LogP contribution in [0.3, 0.4) is 0 Å². The number of Topliss-reactive ketones (excluding diaryl/α,β-unsaturated/α-hetero) is 1. The number of rotatable bonds is 10. The van der Waals surface area contributed by atoms with Gasteiger partial charge in [-0.05, 0) is 68.5 Å². The van der Waals surface area contributed by atoms with Gasteiger partial charge in [0.25, 0.3) is 5.91 Å². The van der Waals surface area contributed by atoms with Crippen LogP contribution in [0.4, 0.5) is 0 Å². The molecule has 1 heterocycles. The normalized spacial score (nSPS) is 10.8. The molecular weight excluding hydrogens is 474 g/mol. The predicted molar refractivity (Wildman–Crippen MR) is 158 cm³/mol. The van der Waals surface area contributed by atoms with Gasteiger partial charge in [0.1, 0.15) is 0 Å². The minimum absolute atomic E-state index is 0.0437. The van der Waals surface area contributed by atoms with Crippen LogP contribution in [0.25, 0.3) is 0 Å². The third-order valence-corrected chi connectivity index (χ3v) is 5.04. The van der Waals surface area contributed by atoms with Crippen LogP contribution >= 0.6 is 0 Å². The first kappa shape index (κ1) is 33.9. The highest BCUT2D eigenvalue weighted by Crippen LogP contribution is 2.14. The number of hydrogen-bond donors (Lipinski definition) is 1. The lowest BCUT2D eigenvalue weighted by molar-refractivity contribution is -0.112. The van der Waals surface area contributed by atoms with Gasteiger partial charge in [-0.25, -0.2) is 0 Å². The van der Waals surface area contributed by atoms with Crippen molar-refractivity contribution < 1.29 is 14.4 Å². The second-order valence-corrected chi connectivity index (χ2v) is 8.35. The largest absolute Gasteiger partial charge is 0.347 e. The second kappa shape index (κ2) is 18.2. The third kappa shape index (κ3) is 12.8. The van der Waals surface area contributed by atoms with Crippen molar-refractivity contribution in [3.05, 3.63) is 113 Å². The zero-order valence-electron chi connectivity index (χ0n) is 24.2. The van der Waals surface area contributed by atoms with Gasteiger partial charge in [0.05, 0.1) is 0 Å². The van der Waals surface area contributed by atoms with E-state index in [4.69, 9.17) is 0 Å². The standard InChI is InChI=1S/C20H25N3O2.C10H12O.C2H6/c1-7-8-18(15(3)9-10-17(5)24)11-14(2)12-21-20(25)19-16(4)13-23(6)22-19;1-3-9-5-4-6-10(7-9)8(2)11;1-2/h7-11,13H,2-3,12H2,1,4-6H3,(H,21,25);4-7H,3H2,1-2H3;1-2H3/b8-7-,10-9-,18-11+;;. The number of ketones is 2. The molecule has 204 valence electrons. The minimum atomic E-state index is -0.240. The van der Waals surface area contributed by atoms with Crippen molar-refractivity contribution in [1.29, 1.82) is 0 Å². The molecule has 0 aliphatic carbocycles. The highest BCUT2D eigenvalue weighted by Gasteiger charge is 2.12. The fraction of sp³-hybridized carbons (Fsp3) is 0.312. The monoisotopic (exact) mass is 517 g/mol. The highest BCUT2D eigenvalue weighted by atomic mass is 16.2. The summed E-state index contributed by atoms with van der Waals surface area (Å²) in [6, 6.07) is 7.76. The van der Waals surface area contributed by atoms with E-state index in [1.807, 2.05) is 70.2 Å². The van der Waals surface area contributed by atoms with Gasteiger partial charge >= 0.3 is 0 Å². The van der Waals surface area contributed by atoms with E-state index in [2.05, 4.69) is 30.5 Å². The molecule has 6 heteroatoms. The average molecular weight is 518 g/mol. The van der Waals surface area contributed by atoms with Crippen LogP contribution in [0.2, 0.25) is 0 Å². The molecule has 38 heavy (non-hydrogen) atoms. The molecule has 0 spiro atoms. The Morgan fingerprint density at radius 3 is 2.24 bits per heavy atom. The molecule has 1 aromatic carbocycles. The van der Waals surface area contributed by atoms with E-state index < -0.39 is 0 Å². The van der Waals surface area contributed by atoms with Crippen molar-refractivity contribution >= 4 is 17.5 Å². The summed E-state index contributed by atoms with van der Waals surface area (Å²) >= 11 is 0. The summed E-state index contributed by atoms with van der Waals surface area (Å²) in [6.45, 7) is 21.1. The van der Waals surface area contributed by atoms with Gasteiger partial charge in [0.2, 0.25) is 0 Å². The summed E-state index contributed by atoms with van der Waals surface area (Å²) in [5.74, 6) is -0.145. The lowest BCUT2D eigenvalue weighted by Gasteiger charge is -2.07. The molecule has 0 unspecified atom stereocenters. The summed E-state index contributed by atoms with van der Waals surface area (Å²) in [7, 11) is 1.77. The Morgan fingerprint density at radius 1 is 1.08 bits per heavy atom. The maximum absolute atomic E-state index is 12.2. The van der Waals surface area contributed by atoms with E-state index in [-0.39, 0.29) is 17.5 Å². The molecule has 0 fully saturated rings. The van der Waals surface area contributed by atoms with E-state index >= 15 is 0 Å². The fourth-order valence-corrected chi connectivity index (χ4v) is 3.13. The van der Waals surface area contributed by atoms with Gasteiger partial charge in [0, 0.05) is 30.9 Å². The maximum atomic E-state index is 12.2. The Hall–Kier alpha value is -4.06. The zero-order valence-corrected chi connectivity index (χ0v) is 24.2. The molecule has 0 saturated carbocycles. The molecule has 0 aliphatic rings. The quantitative estimate of drug-likeness (QED) is 0.216. The first-order valence-electron chi connectivity index (χ1n) is 12.8. The van der Waals surface area contributed by atoms with Crippen LogP contribution in [0.1, 0.15) is 73.5 Å². The number of amides is 1. The van der Waals surface area contributed by atoms with Gasteiger partial charge in [-0.15, -0.1) is 0 Å². The fourth-order valence-electron chi connectivity index (χ4n) is 3.13. The maximum Gasteiger partial charge on any atom is 0.272 e. The molecule has 1 amide bonds. The van der Waals surface area contributed by atoms with Gasteiger partial charge < -0.3 is 5.32 Å². The summed E-state index contributed by atoms with van der Waals surface area (Å²) in [4.78, 5) is 34.1. The van der Waals surface area contributed by atoms with E-state index in [1.54, 1.807) is 30.9 Å². The molecule has 0 bridgehead atoms. The van der Waals surface area contributed by atoms with Crippen LogP contribution in [-0.2, 0) is 18.3 Å². The predicted octanol–water partition coefficient (Wildman–Crippen LogP) is 6.70. The average Bonchev–Trinajstić information content (AvgIpc) is 3.24. The number of nitrogens with one attached hydrogen (secondary N) is 1. The smallest absolute Gasteiger partial charge is 0.272 e. The number of aryl methyl sites for hydroxylation is 3. The minimum Gasteiger partial charge on any atom is -0.347 e. The molecule has 1 aromatic heterocycles. The van der Waals surface area contributed by atoms with Gasteiger partial charge in [-0.3, -0.25) is 19.1 Å². The van der Waals surface area contributed by atoms with Crippen molar-refractivity contribution in [3.63, 3.8) is 0 Å². The molecule has 0 radical (unpaired) electrons. The van der Waals surface area contributed by atoms with Crippen LogP contribution in [0.15, 0.2) is 90.7 Å². The van der Waals surface area contributed by atoms with Crippen molar-refractivity contribution in [3.8, 4) is 0 Å². The molecule has 2 rings (SSSR count). The molecule has 2 aromatic rings. The van der Waals surface area contributed by atoms with Crippen LogP contribution in [-0.4, -0.2) is 33.8 Å². The molecule has 1 N–H and O–H groups in total. The van der Waals surface area contributed by atoms with Gasteiger partial charge in [0.15, 0.2) is 17.3 Å². The Bertz CT molecular complexity index is 1210. The lowest BCUT2D eigenvalue weighted by atomic mass is 10.0. The summed E-state index contributed by atoms with van der Waals surface area (Å²) in [5, 5.41) is 6.95. The van der Waals surface area contributed by atoms with Crippen LogP contribution in [0, 0.1) is 6.92 Å². The molecule has 0 saturated heterocycles. The van der Waals surface area contributed by atoms with Crippen LogP contribution in [0.5, 0.6) is 0 Å². The molecule has 0 aliphatic heterocycles. The van der Waals surface area contributed by atoms with E-state index in [0.717, 1.165) is 23.1 Å². The van der Waals surface area contributed by atoms with E-state index in [1.165, 1.54) is 18.6 Å². The molecule has 0 atom stereocenters. The zero-order chi connectivity index (χ0) is 29.3. The topological polar surface area (TPSA) is 81.1 Å². The molecule has 6 nitrogen and oxygen atoms in total. The SMILES string of the molecule is C=C(/C=C(\C=C/C)C(=C)/C=C\C(C)=O)CNC(=O)c1nn(C)cc1C.CC.CCc1cccc(C(C)=O)c1. The second-order valence-electron chi connectivity index (χ2n) is 8.35. The Labute approximate surface area is 228 Å². The number of nitrogens with zero attached hydrogens (tertiary/aromatic N) is 2. The number of carbonyl (C=O) groups excluding carboxylic acids is 3. The number of hydrogen-bond acceptors (Lipinski definition) is 4. The highest BCUT2D eigenvalue weighted by molar-refractivity contribution is 5.94. The lowest BCUT2D eigenvalue weighted by Crippen LogP contribution is -2.26. The summed E-state index contributed by atoms with van der Waals surface area (Å²) in [6.07, 6.45) is 11.5. The van der Waals surface area contributed by atoms with Crippen molar-refractivity contribution in [1.82, 2.24) is 15.1 Å². The number of benzene rings is 1. The summed E-state index contributed by atoms with van der Waals surface area (Å²) in [5.41, 5.74) is 5.49. The van der Waals surface area contributed by atoms with E-state index in [9.17, 15) is 14.4 Å². The van der Waals surface area contributed by atoms with E-state index in [0.29, 0.717) is 23.4 Å².